The van der Waals surface area contributed by atoms with E-state index in [4.69, 9.17) is 26.5 Å². The summed E-state index contributed by atoms with van der Waals surface area (Å²) in [5.74, 6) is -0.311. The first kappa shape index (κ1) is 25.0. The second-order valence-corrected chi connectivity index (χ2v) is 10.8. The molecule has 0 fully saturated rings. The summed E-state index contributed by atoms with van der Waals surface area (Å²) in [6, 6.07) is 11.1. The van der Waals surface area contributed by atoms with Crippen LogP contribution < -0.4 is 9.47 Å². The van der Waals surface area contributed by atoms with Gasteiger partial charge in [-0.3, -0.25) is 10.2 Å². The number of aryl methyl sites for hydroxylation is 1. The second-order valence-electron chi connectivity index (χ2n) is 7.72. The van der Waals surface area contributed by atoms with Gasteiger partial charge in [0.1, 0.15) is 12.4 Å². The Labute approximate surface area is 212 Å². The third-order valence-corrected chi connectivity index (χ3v) is 6.97. The molecule has 1 amide bonds. The molecule has 4 rings (SSSR count). The highest BCUT2D eigenvalue weighted by molar-refractivity contribution is 8.16. The molecule has 0 aromatic heterocycles. The number of ether oxygens (including phenoxy) is 2. The lowest BCUT2D eigenvalue weighted by molar-refractivity contribution is -0.114. The van der Waals surface area contributed by atoms with Crippen molar-refractivity contribution in [1.29, 1.82) is 5.41 Å². The molecule has 2 aromatic rings. The van der Waals surface area contributed by atoms with Gasteiger partial charge in [-0.25, -0.2) is 13.3 Å². The Bertz CT molecular complexity index is 1430. The minimum Gasteiger partial charge on any atom is -0.490 e. The van der Waals surface area contributed by atoms with E-state index in [2.05, 4.69) is 9.39 Å². The smallest absolute Gasteiger partial charge is 0.283 e. The van der Waals surface area contributed by atoms with Crippen LogP contribution in [-0.2, 0) is 21.2 Å². The molecule has 2 aromatic carbocycles. The number of nitrogens with zero attached hydrogens (tertiary/aromatic N) is 3. The standard InChI is InChI=1S/C23H21ClN4O5S2/c1-4-32-18-11-15(10-17(24)19(18)33-12-14-7-5-6-13(2)8-14)9-16-20(25)28-22(26-21(16)29)34-27-23(28)35(3,30)31/h5-11,25H,4,12H2,1-3H3. The van der Waals surface area contributed by atoms with Gasteiger partial charge in [-0.2, -0.15) is 9.39 Å². The van der Waals surface area contributed by atoms with Crippen molar-refractivity contribution in [2.45, 2.75) is 20.5 Å². The average molecular weight is 533 g/mol. The van der Waals surface area contributed by atoms with E-state index < -0.39 is 15.7 Å². The van der Waals surface area contributed by atoms with Gasteiger partial charge in [0.2, 0.25) is 20.2 Å². The maximum absolute atomic E-state index is 12.6. The van der Waals surface area contributed by atoms with E-state index >= 15 is 0 Å². The summed E-state index contributed by atoms with van der Waals surface area (Å²) < 4.78 is 39.7. The average Bonchev–Trinajstić information content (AvgIpc) is 3.21. The lowest BCUT2D eigenvalue weighted by Gasteiger charge is -2.24. The van der Waals surface area contributed by atoms with E-state index in [1.807, 2.05) is 38.1 Å². The minimum absolute atomic E-state index is 0.0190. The zero-order chi connectivity index (χ0) is 25.3. The van der Waals surface area contributed by atoms with Crippen LogP contribution in [0.3, 0.4) is 0 Å². The van der Waals surface area contributed by atoms with Crippen molar-refractivity contribution < 1.29 is 22.7 Å². The van der Waals surface area contributed by atoms with Gasteiger partial charge in [-0.1, -0.05) is 41.4 Å². The summed E-state index contributed by atoms with van der Waals surface area (Å²) in [6.45, 7) is 4.44. The van der Waals surface area contributed by atoms with E-state index in [0.29, 0.717) is 23.7 Å². The molecular formula is C23H21ClN4O5S2. The SMILES string of the molecule is CCOc1cc(C=C2C(=N)N3C(=NC2=O)SN=C3S(C)(=O)=O)cc(Cl)c1OCc1cccc(C)c1. The van der Waals surface area contributed by atoms with Gasteiger partial charge in [-0.15, -0.1) is 0 Å². The van der Waals surface area contributed by atoms with Gasteiger partial charge in [-0.05, 0) is 43.2 Å². The number of nitrogens with one attached hydrogen (secondary N) is 1. The predicted molar refractivity (Wildman–Crippen MR) is 138 cm³/mol. The number of carbonyl (C=O) groups is 1. The lowest BCUT2D eigenvalue weighted by atomic mass is 10.1. The van der Waals surface area contributed by atoms with Crippen LogP contribution in [0.4, 0.5) is 0 Å². The Balaban J connectivity index is 1.67. The molecule has 0 radical (unpaired) electrons. The monoisotopic (exact) mass is 532 g/mol. The molecule has 0 unspecified atom stereocenters. The summed E-state index contributed by atoms with van der Waals surface area (Å²) in [7, 11) is -3.74. The van der Waals surface area contributed by atoms with Crippen molar-refractivity contribution >= 4 is 61.5 Å². The fourth-order valence-electron chi connectivity index (χ4n) is 3.44. The van der Waals surface area contributed by atoms with Crippen molar-refractivity contribution in [3.8, 4) is 11.5 Å². The van der Waals surface area contributed by atoms with Crippen LogP contribution in [0.5, 0.6) is 11.5 Å². The second kappa shape index (κ2) is 9.84. The van der Waals surface area contributed by atoms with Crippen molar-refractivity contribution in [1.82, 2.24) is 4.90 Å². The van der Waals surface area contributed by atoms with Crippen LogP contribution >= 0.6 is 23.5 Å². The Morgan fingerprint density at radius 2 is 2.00 bits per heavy atom. The molecule has 2 aliphatic rings. The van der Waals surface area contributed by atoms with E-state index in [1.165, 1.54) is 6.08 Å². The Morgan fingerprint density at radius 3 is 2.69 bits per heavy atom. The van der Waals surface area contributed by atoms with E-state index in [1.54, 1.807) is 12.1 Å². The normalized spacial score (nSPS) is 16.8. The number of sulfone groups is 1. The number of benzene rings is 2. The van der Waals surface area contributed by atoms with E-state index in [0.717, 1.165) is 34.2 Å². The summed E-state index contributed by atoms with van der Waals surface area (Å²) in [5.41, 5.74) is 2.42. The number of amides is 1. The topological polar surface area (TPSA) is 121 Å². The fourth-order valence-corrected chi connectivity index (χ4v) is 5.55. The number of rotatable bonds is 6. The fraction of sp³-hybridized carbons (Fsp3) is 0.217. The molecule has 0 atom stereocenters. The van der Waals surface area contributed by atoms with Crippen LogP contribution in [0, 0.1) is 12.3 Å². The lowest BCUT2D eigenvalue weighted by Crippen LogP contribution is -2.45. The molecule has 0 spiro atoms. The van der Waals surface area contributed by atoms with Gasteiger partial charge >= 0.3 is 0 Å². The summed E-state index contributed by atoms with van der Waals surface area (Å²) >= 11 is 7.25. The number of hydrogen-bond acceptors (Lipinski definition) is 8. The Morgan fingerprint density at radius 1 is 1.23 bits per heavy atom. The van der Waals surface area contributed by atoms with Gasteiger partial charge in [0.25, 0.3) is 5.91 Å². The zero-order valence-corrected chi connectivity index (χ0v) is 21.4. The molecule has 35 heavy (non-hydrogen) atoms. The van der Waals surface area contributed by atoms with Crippen LogP contribution in [0.15, 0.2) is 51.4 Å². The third-order valence-electron chi connectivity index (χ3n) is 4.93. The van der Waals surface area contributed by atoms with E-state index in [9.17, 15) is 13.2 Å². The number of aliphatic imine (C=N–C) groups is 1. The number of amidine groups is 3. The zero-order valence-electron chi connectivity index (χ0n) is 19.0. The van der Waals surface area contributed by atoms with Crippen LogP contribution in [0.2, 0.25) is 5.02 Å². The van der Waals surface area contributed by atoms with Gasteiger partial charge < -0.3 is 9.47 Å². The quantitative estimate of drug-likeness (QED) is 0.436. The number of carbonyl (C=O) groups excluding carboxylic acids is 1. The van der Waals surface area contributed by atoms with Crippen molar-refractivity contribution in [2.24, 2.45) is 9.39 Å². The molecular weight excluding hydrogens is 512 g/mol. The van der Waals surface area contributed by atoms with Crippen LogP contribution in [0.25, 0.3) is 6.08 Å². The number of fused-ring (bicyclic) bond motifs is 1. The minimum atomic E-state index is -3.74. The maximum Gasteiger partial charge on any atom is 0.283 e. The molecule has 2 aliphatic heterocycles. The first-order valence-corrected chi connectivity index (χ1v) is 13.5. The molecule has 12 heteroatoms. The highest BCUT2D eigenvalue weighted by atomic mass is 35.5. The van der Waals surface area contributed by atoms with Crippen molar-refractivity contribution in [2.75, 3.05) is 12.9 Å². The van der Waals surface area contributed by atoms with Gasteiger partial charge in [0, 0.05) is 6.26 Å². The molecule has 0 saturated heterocycles. The highest BCUT2D eigenvalue weighted by Crippen LogP contribution is 2.38. The molecule has 2 heterocycles. The van der Waals surface area contributed by atoms with Crippen LogP contribution in [-0.4, -0.2) is 48.3 Å². The molecule has 0 bridgehead atoms. The molecule has 182 valence electrons. The maximum atomic E-state index is 12.6. The molecule has 0 saturated carbocycles. The van der Waals surface area contributed by atoms with Gasteiger partial charge in [0.15, 0.2) is 11.5 Å². The predicted octanol–water partition coefficient (Wildman–Crippen LogP) is 4.25. The molecule has 1 N–H and O–H groups in total. The van der Waals surface area contributed by atoms with Crippen LogP contribution in [0.1, 0.15) is 23.6 Å². The van der Waals surface area contributed by atoms with Crippen molar-refractivity contribution in [3.63, 3.8) is 0 Å². The van der Waals surface area contributed by atoms with Gasteiger partial charge in [0.05, 0.1) is 29.2 Å². The molecule has 0 aliphatic carbocycles. The Kier molecular flexibility index (Phi) is 7.02. The third kappa shape index (κ3) is 5.26. The Hall–Kier alpha value is -3.15. The molecule has 9 nitrogen and oxygen atoms in total. The first-order chi connectivity index (χ1) is 16.6. The number of halogens is 1. The van der Waals surface area contributed by atoms with E-state index in [-0.39, 0.29) is 33.4 Å². The highest BCUT2D eigenvalue weighted by Gasteiger charge is 2.41. The summed E-state index contributed by atoms with van der Waals surface area (Å²) in [5, 5.41) is 8.40. The first-order valence-electron chi connectivity index (χ1n) is 10.4. The summed E-state index contributed by atoms with van der Waals surface area (Å²) in [6.07, 6.45) is 2.39. The largest absolute Gasteiger partial charge is 0.490 e. The van der Waals surface area contributed by atoms with Crippen molar-refractivity contribution in [3.05, 3.63) is 63.7 Å². The number of hydrogen-bond donors (Lipinski definition) is 1. The summed E-state index contributed by atoms with van der Waals surface area (Å²) in [4.78, 5) is 17.6.